The van der Waals surface area contributed by atoms with E-state index in [1.54, 1.807) is 11.3 Å². The summed E-state index contributed by atoms with van der Waals surface area (Å²) in [5.41, 5.74) is 8.10. The van der Waals surface area contributed by atoms with Gasteiger partial charge in [-0.05, 0) is 25.5 Å². The van der Waals surface area contributed by atoms with Gasteiger partial charge in [-0.15, -0.1) is 11.3 Å². The fourth-order valence-corrected chi connectivity index (χ4v) is 2.71. The molecule has 0 aliphatic heterocycles. The fraction of sp³-hybridized carbons (Fsp3) is 0.417. The summed E-state index contributed by atoms with van der Waals surface area (Å²) in [7, 11) is 0. The third-order valence-electron chi connectivity index (χ3n) is 2.67. The highest BCUT2D eigenvalue weighted by atomic mass is 32.1. The number of aromatic nitrogens is 2. The highest BCUT2D eigenvalue weighted by molar-refractivity contribution is 7.15. The Bertz CT molecular complexity index is 470. The Hall–Kier alpha value is -1.13. The average molecular weight is 235 g/mol. The third-order valence-corrected chi connectivity index (χ3v) is 3.81. The first-order chi connectivity index (χ1) is 7.76. The van der Waals surface area contributed by atoms with E-state index in [0.717, 1.165) is 13.0 Å². The minimum absolute atomic E-state index is 0.618. The Labute approximate surface area is 99.9 Å². The van der Waals surface area contributed by atoms with Gasteiger partial charge in [0, 0.05) is 34.1 Å². The van der Waals surface area contributed by atoms with Crippen LogP contribution in [0.5, 0.6) is 0 Å². The van der Waals surface area contributed by atoms with Gasteiger partial charge in [-0.3, -0.25) is 4.68 Å². The van der Waals surface area contributed by atoms with Crippen molar-refractivity contribution in [2.75, 3.05) is 0 Å². The first-order valence-corrected chi connectivity index (χ1v) is 6.39. The topological polar surface area (TPSA) is 43.8 Å². The highest BCUT2D eigenvalue weighted by Gasteiger charge is 2.09. The number of thiophene rings is 1. The summed E-state index contributed by atoms with van der Waals surface area (Å²) < 4.78 is 2.07. The molecule has 0 saturated heterocycles. The van der Waals surface area contributed by atoms with Gasteiger partial charge in [-0.2, -0.15) is 5.10 Å². The molecule has 0 atom stereocenters. The molecule has 0 aromatic carbocycles. The lowest BCUT2D eigenvalue weighted by Crippen LogP contribution is -2.00. The standard InChI is InChI=1S/C12H17N3S/c1-3-6-15-9(2)11(8-14-15)12-5-4-10(7-13)16-12/h4-5,8H,3,6-7,13H2,1-2H3. The summed E-state index contributed by atoms with van der Waals surface area (Å²) >= 11 is 1.75. The van der Waals surface area contributed by atoms with Crippen molar-refractivity contribution in [2.24, 2.45) is 5.73 Å². The van der Waals surface area contributed by atoms with Gasteiger partial charge in [0.25, 0.3) is 0 Å². The molecule has 0 radical (unpaired) electrons. The largest absolute Gasteiger partial charge is 0.326 e. The van der Waals surface area contributed by atoms with Crippen molar-refractivity contribution in [1.82, 2.24) is 9.78 Å². The van der Waals surface area contributed by atoms with Gasteiger partial charge in [0.15, 0.2) is 0 Å². The van der Waals surface area contributed by atoms with Gasteiger partial charge >= 0.3 is 0 Å². The summed E-state index contributed by atoms with van der Waals surface area (Å²) in [5, 5.41) is 4.41. The Morgan fingerprint density at radius 2 is 2.25 bits per heavy atom. The first-order valence-electron chi connectivity index (χ1n) is 5.57. The summed E-state index contributed by atoms with van der Waals surface area (Å²) in [4.78, 5) is 2.48. The van der Waals surface area contributed by atoms with Crippen molar-refractivity contribution in [3.8, 4) is 10.4 Å². The summed E-state index contributed by atoms with van der Waals surface area (Å²) in [6.45, 7) is 5.89. The van der Waals surface area contributed by atoms with E-state index in [4.69, 9.17) is 5.73 Å². The monoisotopic (exact) mass is 235 g/mol. The number of aryl methyl sites for hydroxylation is 1. The second-order valence-electron chi connectivity index (χ2n) is 3.84. The molecular formula is C12H17N3S. The molecule has 2 rings (SSSR count). The normalized spacial score (nSPS) is 10.9. The minimum atomic E-state index is 0.618. The predicted octanol–water partition coefficient (Wildman–Crippen LogP) is 2.79. The van der Waals surface area contributed by atoms with Crippen molar-refractivity contribution in [2.45, 2.75) is 33.4 Å². The van der Waals surface area contributed by atoms with Crippen LogP contribution in [0, 0.1) is 6.92 Å². The van der Waals surface area contributed by atoms with Crippen molar-refractivity contribution in [3.63, 3.8) is 0 Å². The Morgan fingerprint density at radius 3 is 2.88 bits per heavy atom. The van der Waals surface area contributed by atoms with E-state index in [-0.39, 0.29) is 0 Å². The molecule has 16 heavy (non-hydrogen) atoms. The first kappa shape index (κ1) is 11.4. The van der Waals surface area contributed by atoms with Crippen LogP contribution in [0.25, 0.3) is 10.4 Å². The lowest BCUT2D eigenvalue weighted by molar-refractivity contribution is 0.587. The quantitative estimate of drug-likeness (QED) is 0.885. The number of rotatable bonds is 4. The molecule has 0 aliphatic carbocycles. The molecule has 2 aromatic rings. The van der Waals surface area contributed by atoms with Crippen LogP contribution in [0.1, 0.15) is 23.9 Å². The van der Waals surface area contributed by atoms with Crippen molar-refractivity contribution in [3.05, 3.63) is 28.9 Å². The predicted molar refractivity (Wildman–Crippen MR) is 68.5 cm³/mol. The molecule has 2 heterocycles. The van der Waals surface area contributed by atoms with Crippen molar-refractivity contribution < 1.29 is 0 Å². The Morgan fingerprint density at radius 1 is 1.44 bits per heavy atom. The van der Waals surface area contributed by atoms with E-state index in [1.165, 1.54) is 21.0 Å². The maximum Gasteiger partial charge on any atom is 0.0579 e. The molecule has 2 N–H and O–H groups in total. The molecule has 0 aliphatic rings. The van der Waals surface area contributed by atoms with Crippen LogP contribution in [-0.2, 0) is 13.1 Å². The molecule has 2 aromatic heterocycles. The molecule has 4 heteroatoms. The Balaban J connectivity index is 2.33. The van der Waals surface area contributed by atoms with Crippen molar-refractivity contribution >= 4 is 11.3 Å². The lowest BCUT2D eigenvalue weighted by atomic mass is 10.2. The smallest absolute Gasteiger partial charge is 0.0579 e. The van der Waals surface area contributed by atoms with Crippen LogP contribution >= 0.6 is 11.3 Å². The second-order valence-corrected chi connectivity index (χ2v) is 5.01. The zero-order valence-corrected chi connectivity index (χ0v) is 10.5. The summed E-state index contributed by atoms with van der Waals surface area (Å²) in [6.07, 6.45) is 3.07. The van der Waals surface area contributed by atoms with Gasteiger partial charge < -0.3 is 5.73 Å². The molecule has 0 bridgehead atoms. The molecular weight excluding hydrogens is 218 g/mol. The average Bonchev–Trinajstić information content (AvgIpc) is 2.87. The van der Waals surface area contributed by atoms with Gasteiger partial charge in [0.05, 0.1) is 6.20 Å². The van der Waals surface area contributed by atoms with E-state index >= 15 is 0 Å². The van der Waals surface area contributed by atoms with Crippen LogP contribution in [0.3, 0.4) is 0 Å². The lowest BCUT2D eigenvalue weighted by Gasteiger charge is -2.02. The molecule has 86 valence electrons. The van der Waals surface area contributed by atoms with E-state index in [0.29, 0.717) is 6.54 Å². The Kier molecular flexibility index (Phi) is 3.41. The molecule has 0 spiro atoms. The zero-order chi connectivity index (χ0) is 11.5. The van der Waals surface area contributed by atoms with Gasteiger partial charge in [0.2, 0.25) is 0 Å². The molecule has 0 amide bonds. The maximum atomic E-state index is 5.62. The number of nitrogens with two attached hydrogens (primary N) is 1. The van der Waals surface area contributed by atoms with Gasteiger partial charge in [0.1, 0.15) is 0 Å². The van der Waals surface area contributed by atoms with Crippen LogP contribution in [0.2, 0.25) is 0 Å². The van der Waals surface area contributed by atoms with Crippen LogP contribution in [0.15, 0.2) is 18.3 Å². The number of hydrogen-bond acceptors (Lipinski definition) is 3. The fourth-order valence-electron chi connectivity index (χ4n) is 1.76. The molecule has 0 saturated carbocycles. The van der Waals surface area contributed by atoms with Crippen LogP contribution < -0.4 is 5.73 Å². The number of hydrogen-bond donors (Lipinski definition) is 1. The van der Waals surface area contributed by atoms with E-state index in [1.807, 2.05) is 6.20 Å². The van der Waals surface area contributed by atoms with Crippen molar-refractivity contribution in [1.29, 1.82) is 0 Å². The zero-order valence-electron chi connectivity index (χ0n) is 9.73. The summed E-state index contributed by atoms with van der Waals surface area (Å²) in [6, 6.07) is 4.23. The third kappa shape index (κ3) is 2.03. The molecule has 0 fully saturated rings. The van der Waals surface area contributed by atoms with Gasteiger partial charge in [-0.25, -0.2) is 0 Å². The van der Waals surface area contributed by atoms with Crippen LogP contribution in [0.4, 0.5) is 0 Å². The van der Waals surface area contributed by atoms with E-state index in [9.17, 15) is 0 Å². The minimum Gasteiger partial charge on any atom is -0.326 e. The summed E-state index contributed by atoms with van der Waals surface area (Å²) in [5.74, 6) is 0. The van der Waals surface area contributed by atoms with E-state index in [2.05, 4.69) is 35.8 Å². The number of nitrogens with zero attached hydrogens (tertiary/aromatic N) is 2. The maximum absolute atomic E-state index is 5.62. The van der Waals surface area contributed by atoms with E-state index < -0.39 is 0 Å². The molecule has 3 nitrogen and oxygen atoms in total. The highest BCUT2D eigenvalue weighted by Crippen LogP contribution is 2.30. The molecule has 0 unspecified atom stereocenters. The van der Waals surface area contributed by atoms with Crippen LogP contribution in [-0.4, -0.2) is 9.78 Å². The van der Waals surface area contributed by atoms with Gasteiger partial charge in [-0.1, -0.05) is 6.92 Å². The SMILES string of the molecule is CCCn1ncc(-c2ccc(CN)s2)c1C. The second kappa shape index (κ2) is 4.80.